The van der Waals surface area contributed by atoms with Crippen LogP contribution >= 0.6 is 0 Å². The van der Waals surface area contributed by atoms with Crippen molar-refractivity contribution in [1.82, 2.24) is 0 Å². The molecule has 0 unspecified atom stereocenters. The molecule has 1 rings (SSSR count). The van der Waals surface area contributed by atoms with Crippen LogP contribution in [0.5, 0.6) is 0 Å². The van der Waals surface area contributed by atoms with Gasteiger partial charge in [0.25, 0.3) is 0 Å². The molecule has 0 aromatic rings. The number of ether oxygens (including phenoxy) is 1. The van der Waals surface area contributed by atoms with Gasteiger partial charge in [-0.15, -0.1) is 0 Å². The average Bonchev–Trinajstić information content (AvgIpc) is 2.12. The molecule has 0 radical (unpaired) electrons. The molecule has 0 amide bonds. The molecule has 1 saturated heterocycles. The van der Waals surface area contributed by atoms with E-state index in [1.54, 1.807) is 0 Å². The Morgan fingerprint density at radius 3 is 2.56 bits per heavy atom. The summed E-state index contributed by atoms with van der Waals surface area (Å²) in [5.74, 6) is -0.831. The van der Waals surface area contributed by atoms with Gasteiger partial charge in [-0.2, -0.15) is 0 Å². The van der Waals surface area contributed by atoms with Crippen LogP contribution in [0.4, 0.5) is 0 Å². The molecule has 1 N–H and O–H groups in total. The molecule has 1 aliphatic heterocycles. The summed E-state index contributed by atoms with van der Waals surface area (Å²) in [6.07, 6.45) is 1.04. The molecule has 9 heavy (non-hydrogen) atoms. The first-order valence-electron chi connectivity index (χ1n) is 2.65. The molecule has 1 fully saturated rings. The van der Waals surface area contributed by atoms with E-state index in [0.717, 1.165) is 6.42 Å². The van der Waals surface area contributed by atoms with Gasteiger partial charge in [0.2, 0.25) is 0 Å². The Morgan fingerprint density at radius 1 is 1.67 bits per heavy atom. The molecule has 0 aromatic heterocycles. The van der Waals surface area contributed by atoms with E-state index in [9.17, 15) is 4.79 Å². The summed E-state index contributed by atoms with van der Waals surface area (Å²) in [5, 5.41) is 8.29. The van der Waals surface area contributed by atoms with Crippen molar-refractivity contribution < 1.29 is 14.6 Å². The van der Waals surface area contributed by atoms with Crippen LogP contribution in [0, 0.1) is 0 Å². The van der Waals surface area contributed by atoms with Crippen molar-refractivity contribution >= 4 is 35.5 Å². The summed E-state index contributed by atoms with van der Waals surface area (Å²) < 4.78 is 4.81. The molecule has 0 bridgehead atoms. The maximum atomic E-state index is 10.1. The van der Waals surface area contributed by atoms with Crippen molar-refractivity contribution in [1.29, 1.82) is 0 Å². The second-order valence-corrected chi connectivity index (χ2v) is 1.84. The van der Waals surface area contributed by atoms with E-state index in [4.69, 9.17) is 9.84 Å². The van der Waals surface area contributed by atoms with E-state index in [-0.39, 0.29) is 29.6 Å². The molecule has 0 aliphatic carbocycles. The Kier molecular flexibility index (Phi) is 4.48. The molecule has 0 aromatic carbocycles. The first kappa shape index (κ1) is 9.43. The summed E-state index contributed by atoms with van der Waals surface area (Å²) in [5.41, 5.74) is 0. The van der Waals surface area contributed by atoms with Gasteiger partial charge in [-0.1, -0.05) is 0 Å². The van der Waals surface area contributed by atoms with Crippen molar-refractivity contribution in [2.45, 2.75) is 18.9 Å². The summed E-state index contributed by atoms with van der Waals surface area (Å²) in [4.78, 5) is 10.1. The third-order valence-electron chi connectivity index (χ3n) is 1.21. The van der Waals surface area contributed by atoms with Gasteiger partial charge < -0.3 is 9.84 Å². The third-order valence-corrected chi connectivity index (χ3v) is 1.21. The topological polar surface area (TPSA) is 46.5 Å². The van der Waals surface area contributed by atoms with Gasteiger partial charge in [0.1, 0.15) is 0 Å². The van der Waals surface area contributed by atoms with Gasteiger partial charge in [0.15, 0.2) is 6.10 Å². The Balaban J connectivity index is 0.000000640. The molecule has 4 heteroatoms. The average molecular weight is 140 g/mol. The molecule has 0 saturated carbocycles. The number of hydrogen-bond acceptors (Lipinski definition) is 2. The number of rotatable bonds is 1. The Labute approximate surface area is 75.7 Å². The molecule has 0 spiro atoms. The van der Waals surface area contributed by atoms with Crippen LogP contribution in [0.15, 0.2) is 0 Å². The summed E-state index contributed by atoms with van der Waals surface area (Å²) in [6.45, 7) is 0.608. The van der Waals surface area contributed by atoms with Gasteiger partial charge in [-0.25, -0.2) is 4.79 Å². The summed E-state index contributed by atoms with van der Waals surface area (Å²) in [7, 11) is 0. The van der Waals surface area contributed by atoms with E-state index >= 15 is 0 Å². The fourth-order valence-electron chi connectivity index (χ4n) is 0.772. The van der Waals surface area contributed by atoms with Gasteiger partial charge in [-0.05, 0) is 12.8 Å². The number of hydrogen-bond donors (Lipinski definition) is 1. The number of carboxylic acid groups (broad SMARTS) is 1. The van der Waals surface area contributed by atoms with Crippen LogP contribution in [0.25, 0.3) is 0 Å². The van der Waals surface area contributed by atoms with Gasteiger partial charge in [0.05, 0.1) is 0 Å². The van der Waals surface area contributed by atoms with E-state index in [0.29, 0.717) is 13.0 Å². The molecule has 1 atom stereocenters. The van der Waals surface area contributed by atoms with Crippen LogP contribution in [0.3, 0.4) is 0 Å². The Bertz CT molecular complexity index is 98.4. The van der Waals surface area contributed by atoms with Crippen molar-refractivity contribution in [3.63, 3.8) is 0 Å². The number of aliphatic carboxylic acids is 1. The van der Waals surface area contributed by atoms with E-state index in [2.05, 4.69) is 0 Å². The van der Waals surface area contributed by atoms with Gasteiger partial charge in [0, 0.05) is 6.61 Å². The van der Waals surface area contributed by atoms with Gasteiger partial charge >= 0.3 is 35.5 Å². The van der Waals surface area contributed by atoms with Crippen molar-refractivity contribution in [2.75, 3.05) is 6.61 Å². The van der Waals surface area contributed by atoms with E-state index in [1.807, 2.05) is 0 Å². The SMILES string of the molecule is O=C(O)[C@@H]1CCCO1.[NaH]. The first-order valence-corrected chi connectivity index (χ1v) is 2.65. The predicted octanol–water partition coefficient (Wildman–Crippen LogP) is -0.399. The maximum absolute atomic E-state index is 10.1. The predicted molar refractivity (Wildman–Crippen MR) is 33.8 cm³/mol. The zero-order valence-corrected chi connectivity index (χ0v) is 4.46. The molecular weight excluding hydrogens is 131 g/mol. The van der Waals surface area contributed by atoms with Crippen molar-refractivity contribution in [3.05, 3.63) is 0 Å². The fourth-order valence-corrected chi connectivity index (χ4v) is 0.772. The second kappa shape index (κ2) is 4.28. The van der Waals surface area contributed by atoms with E-state index in [1.165, 1.54) is 0 Å². The minimum atomic E-state index is -0.831. The third kappa shape index (κ3) is 2.67. The summed E-state index contributed by atoms with van der Waals surface area (Å²) in [6, 6.07) is 0. The van der Waals surface area contributed by atoms with Gasteiger partial charge in [-0.3, -0.25) is 0 Å². The van der Waals surface area contributed by atoms with E-state index < -0.39 is 12.1 Å². The zero-order valence-electron chi connectivity index (χ0n) is 4.46. The van der Waals surface area contributed by atoms with Crippen molar-refractivity contribution in [3.8, 4) is 0 Å². The van der Waals surface area contributed by atoms with Crippen LogP contribution < -0.4 is 0 Å². The van der Waals surface area contributed by atoms with Crippen LogP contribution in [-0.2, 0) is 9.53 Å². The number of carboxylic acids is 1. The van der Waals surface area contributed by atoms with Crippen molar-refractivity contribution in [2.24, 2.45) is 0 Å². The fraction of sp³-hybridized carbons (Fsp3) is 0.800. The Morgan fingerprint density at radius 2 is 2.33 bits per heavy atom. The van der Waals surface area contributed by atoms with Crippen LogP contribution in [0.2, 0.25) is 0 Å². The molecule has 1 heterocycles. The molecular formula is C5H9NaO3. The van der Waals surface area contributed by atoms with Crippen LogP contribution in [0.1, 0.15) is 12.8 Å². The molecule has 3 nitrogen and oxygen atoms in total. The quantitative estimate of drug-likeness (QED) is 0.504. The molecule has 48 valence electrons. The Hall–Kier alpha value is 0.430. The summed E-state index contributed by atoms with van der Waals surface area (Å²) >= 11 is 0. The van der Waals surface area contributed by atoms with Crippen LogP contribution in [-0.4, -0.2) is 53.3 Å². The first-order chi connectivity index (χ1) is 3.80. The molecule has 1 aliphatic rings. The second-order valence-electron chi connectivity index (χ2n) is 1.84. The standard InChI is InChI=1S/C5H8O3.Na.H/c6-5(7)4-2-1-3-8-4;;/h4H,1-3H2,(H,6,7);;/t4-;;/m0../s1. The normalized spacial score (nSPS) is 25.1. The minimum absolute atomic E-state index is 0. The number of carbonyl (C=O) groups is 1. The zero-order chi connectivity index (χ0) is 5.98. The monoisotopic (exact) mass is 140 g/mol.